The van der Waals surface area contributed by atoms with Crippen molar-refractivity contribution in [3.05, 3.63) is 24.3 Å². The van der Waals surface area contributed by atoms with Crippen molar-refractivity contribution in [1.82, 2.24) is 15.2 Å². The maximum Gasteiger partial charge on any atom is 0.336 e. The van der Waals surface area contributed by atoms with Crippen LogP contribution in [0.15, 0.2) is 24.3 Å². The first-order valence-electron chi connectivity index (χ1n) is 5.75. The molecule has 2 N–H and O–H groups in total. The molecule has 20 heavy (non-hydrogen) atoms. The highest BCUT2D eigenvalue weighted by molar-refractivity contribution is 5.90. The summed E-state index contributed by atoms with van der Waals surface area (Å²) < 4.78 is 15.3. The second-order valence-corrected chi connectivity index (χ2v) is 3.66. The minimum atomic E-state index is -0.380. The van der Waals surface area contributed by atoms with Gasteiger partial charge in [0.05, 0.1) is 14.2 Å². The van der Waals surface area contributed by atoms with Crippen LogP contribution < -0.4 is 19.5 Å². The van der Waals surface area contributed by atoms with E-state index in [9.17, 15) is 4.79 Å². The maximum atomic E-state index is 11.7. The van der Waals surface area contributed by atoms with Crippen LogP contribution in [0.25, 0.3) is 0 Å². The smallest absolute Gasteiger partial charge is 0.336 e. The van der Waals surface area contributed by atoms with E-state index >= 15 is 0 Å². The molecule has 8 nitrogen and oxygen atoms in total. The van der Waals surface area contributed by atoms with Crippen molar-refractivity contribution in [2.75, 3.05) is 26.1 Å². The fourth-order valence-electron chi connectivity index (χ4n) is 1.44. The highest BCUT2D eigenvalue weighted by Gasteiger charge is 2.09. The number of H-pyrrole nitrogens is 1. The number of hydrogen-bond donors (Lipinski definition) is 2. The Hall–Kier alpha value is -2.77. The van der Waals surface area contributed by atoms with Gasteiger partial charge in [-0.25, -0.2) is 5.10 Å². The standard InChI is InChI=1S/C12H14N4O4/c1-18-8-5-3-4-6-9(8)20-7-10(17)13-11-14-12(19-2)16-15-11/h3-6H,7H2,1-2H3,(H2,13,14,15,16,17). The molecule has 8 heteroatoms. The van der Waals surface area contributed by atoms with Crippen molar-refractivity contribution in [1.29, 1.82) is 0 Å². The second-order valence-electron chi connectivity index (χ2n) is 3.66. The van der Waals surface area contributed by atoms with Gasteiger partial charge in [0, 0.05) is 0 Å². The Morgan fingerprint density at radius 3 is 2.65 bits per heavy atom. The molecule has 0 unspecified atom stereocenters. The number of aromatic amines is 1. The number of amides is 1. The van der Waals surface area contributed by atoms with Crippen LogP contribution in [0.2, 0.25) is 0 Å². The molecule has 0 aliphatic heterocycles. The van der Waals surface area contributed by atoms with Gasteiger partial charge in [-0.2, -0.15) is 4.98 Å². The quantitative estimate of drug-likeness (QED) is 0.812. The largest absolute Gasteiger partial charge is 0.493 e. The molecule has 0 aliphatic rings. The summed E-state index contributed by atoms with van der Waals surface area (Å²) in [5.74, 6) is 0.854. The lowest BCUT2D eigenvalue weighted by atomic mass is 10.3. The maximum absolute atomic E-state index is 11.7. The summed E-state index contributed by atoms with van der Waals surface area (Å²) in [7, 11) is 2.96. The van der Waals surface area contributed by atoms with E-state index in [2.05, 4.69) is 20.5 Å². The molecule has 0 radical (unpaired) electrons. The number of nitrogens with zero attached hydrogens (tertiary/aromatic N) is 2. The van der Waals surface area contributed by atoms with Crippen LogP contribution in [0.5, 0.6) is 17.5 Å². The molecule has 0 saturated heterocycles. The van der Waals surface area contributed by atoms with Gasteiger partial charge in [-0.1, -0.05) is 12.1 Å². The Kier molecular flexibility index (Phi) is 4.38. The lowest BCUT2D eigenvalue weighted by molar-refractivity contribution is -0.118. The number of anilines is 1. The first-order valence-corrected chi connectivity index (χ1v) is 5.75. The molecule has 2 rings (SSSR count). The molecule has 2 aromatic rings. The van der Waals surface area contributed by atoms with E-state index in [0.29, 0.717) is 11.5 Å². The number of aromatic nitrogens is 3. The number of para-hydroxylation sites is 2. The van der Waals surface area contributed by atoms with Gasteiger partial charge in [0.2, 0.25) is 5.95 Å². The predicted molar refractivity (Wildman–Crippen MR) is 70.1 cm³/mol. The van der Waals surface area contributed by atoms with E-state index in [1.807, 2.05) is 6.07 Å². The highest BCUT2D eigenvalue weighted by atomic mass is 16.5. The average molecular weight is 278 g/mol. The lowest BCUT2D eigenvalue weighted by Gasteiger charge is -2.09. The minimum Gasteiger partial charge on any atom is -0.493 e. The van der Waals surface area contributed by atoms with E-state index in [-0.39, 0.29) is 24.5 Å². The summed E-state index contributed by atoms with van der Waals surface area (Å²) in [6, 6.07) is 7.20. The first-order chi connectivity index (χ1) is 9.72. The highest BCUT2D eigenvalue weighted by Crippen LogP contribution is 2.25. The fourth-order valence-corrected chi connectivity index (χ4v) is 1.44. The Morgan fingerprint density at radius 1 is 1.25 bits per heavy atom. The monoisotopic (exact) mass is 278 g/mol. The predicted octanol–water partition coefficient (Wildman–Crippen LogP) is 0.839. The van der Waals surface area contributed by atoms with Crippen LogP contribution in [0, 0.1) is 0 Å². The van der Waals surface area contributed by atoms with Crippen LogP contribution in [0.3, 0.4) is 0 Å². The topological polar surface area (TPSA) is 98.4 Å². The summed E-state index contributed by atoms with van der Waals surface area (Å²) in [5, 5.41) is 8.70. The Morgan fingerprint density at radius 2 is 2.00 bits per heavy atom. The molecule has 0 aliphatic carbocycles. The van der Waals surface area contributed by atoms with Gasteiger partial charge < -0.3 is 14.2 Å². The van der Waals surface area contributed by atoms with Gasteiger partial charge >= 0.3 is 6.01 Å². The summed E-state index contributed by atoms with van der Waals surface area (Å²) in [4.78, 5) is 15.5. The molecule has 0 fully saturated rings. The third-order valence-corrected chi connectivity index (χ3v) is 2.33. The van der Waals surface area contributed by atoms with E-state index in [1.54, 1.807) is 18.2 Å². The van der Waals surface area contributed by atoms with Crippen molar-refractivity contribution < 1.29 is 19.0 Å². The van der Waals surface area contributed by atoms with Gasteiger partial charge in [0.15, 0.2) is 18.1 Å². The van der Waals surface area contributed by atoms with Crippen molar-refractivity contribution in [3.63, 3.8) is 0 Å². The number of ether oxygens (including phenoxy) is 3. The van der Waals surface area contributed by atoms with Crippen LogP contribution >= 0.6 is 0 Å². The van der Waals surface area contributed by atoms with Crippen molar-refractivity contribution >= 4 is 11.9 Å². The normalized spacial score (nSPS) is 9.90. The van der Waals surface area contributed by atoms with Crippen LogP contribution in [-0.4, -0.2) is 41.9 Å². The number of carbonyl (C=O) groups excluding carboxylic acids is 1. The Labute approximate surface area is 115 Å². The van der Waals surface area contributed by atoms with E-state index in [4.69, 9.17) is 14.2 Å². The zero-order chi connectivity index (χ0) is 14.4. The molecule has 1 amide bonds. The first kappa shape index (κ1) is 13.7. The number of carbonyl (C=O) groups is 1. The van der Waals surface area contributed by atoms with Gasteiger partial charge in [-0.05, 0) is 12.1 Å². The van der Waals surface area contributed by atoms with Gasteiger partial charge in [-0.3, -0.25) is 10.1 Å². The molecule has 1 heterocycles. The van der Waals surface area contributed by atoms with Crippen LogP contribution in [-0.2, 0) is 4.79 Å². The third-order valence-electron chi connectivity index (χ3n) is 2.33. The number of nitrogens with one attached hydrogen (secondary N) is 2. The second kappa shape index (κ2) is 6.41. The van der Waals surface area contributed by atoms with Gasteiger partial charge in [-0.15, -0.1) is 5.10 Å². The van der Waals surface area contributed by atoms with E-state index in [1.165, 1.54) is 14.2 Å². The number of methoxy groups -OCH3 is 2. The molecule has 106 valence electrons. The van der Waals surface area contributed by atoms with Crippen LogP contribution in [0.4, 0.5) is 5.95 Å². The van der Waals surface area contributed by atoms with Gasteiger partial charge in [0.1, 0.15) is 0 Å². The number of hydrogen-bond acceptors (Lipinski definition) is 6. The summed E-state index contributed by atoms with van der Waals surface area (Å²) in [5.41, 5.74) is 0. The zero-order valence-corrected chi connectivity index (χ0v) is 11.0. The molecule has 0 saturated carbocycles. The third kappa shape index (κ3) is 3.37. The Balaban J connectivity index is 1.88. The van der Waals surface area contributed by atoms with E-state index < -0.39 is 0 Å². The molecule has 1 aromatic heterocycles. The van der Waals surface area contributed by atoms with Crippen LogP contribution in [0.1, 0.15) is 0 Å². The van der Waals surface area contributed by atoms with E-state index in [0.717, 1.165) is 0 Å². The van der Waals surface area contributed by atoms with Crippen molar-refractivity contribution in [2.45, 2.75) is 0 Å². The summed E-state index contributed by atoms with van der Waals surface area (Å²) >= 11 is 0. The molecular formula is C12H14N4O4. The molecule has 0 spiro atoms. The SMILES string of the molecule is COc1n[nH]c(NC(=O)COc2ccccc2OC)n1. The van der Waals surface area contributed by atoms with Crippen molar-refractivity contribution in [3.8, 4) is 17.5 Å². The number of benzene rings is 1. The number of rotatable bonds is 6. The van der Waals surface area contributed by atoms with Crippen molar-refractivity contribution in [2.24, 2.45) is 0 Å². The summed E-state index contributed by atoms with van der Waals surface area (Å²) in [6.07, 6.45) is 0. The Bertz CT molecular complexity index is 584. The molecule has 0 atom stereocenters. The summed E-state index contributed by atoms with van der Waals surface area (Å²) in [6.45, 7) is -0.177. The molecule has 1 aromatic carbocycles. The molecule has 0 bridgehead atoms. The molecular weight excluding hydrogens is 264 g/mol. The van der Waals surface area contributed by atoms with Gasteiger partial charge in [0.25, 0.3) is 5.91 Å². The average Bonchev–Trinajstić information content (AvgIpc) is 2.93. The lowest BCUT2D eigenvalue weighted by Crippen LogP contribution is -2.21. The minimum absolute atomic E-state index is 0.144. The zero-order valence-electron chi connectivity index (χ0n) is 11.0. The fraction of sp³-hybridized carbons (Fsp3) is 0.250.